The number of anilines is 1. The third kappa shape index (κ3) is 5.50. The van der Waals surface area contributed by atoms with Crippen molar-refractivity contribution in [2.24, 2.45) is 0 Å². The number of hydrogen-bond acceptors (Lipinski definition) is 5. The molecule has 1 aromatic rings. The molecule has 1 unspecified atom stereocenters. The lowest BCUT2D eigenvalue weighted by Gasteiger charge is -2.36. The summed E-state index contributed by atoms with van der Waals surface area (Å²) in [6.07, 6.45) is 1.17. The molecule has 2 heterocycles. The fourth-order valence-electron chi connectivity index (χ4n) is 2.06. The third-order valence-corrected chi connectivity index (χ3v) is 3.03. The van der Waals surface area contributed by atoms with Crippen molar-refractivity contribution in [1.82, 2.24) is 9.88 Å². The van der Waals surface area contributed by atoms with E-state index >= 15 is 0 Å². The van der Waals surface area contributed by atoms with Gasteiger partial charge in [0, 0.05) is 38.9 Å². The lowest BCUT2D eigenvalue weighted by atomic mass is 10.2. The molecule has 0 radical (unpaired) electrons. The van der Waals surface area contributed by atoms with Crippen LogP contribution in [0.1, 0.15) is 0 Å². The number of aromatic nitrogens is 1. The predicted molar refractivity (Wildman–Crippen MR) is 80.5 cm³/mol. The summed E-state index contributed by atoms with van der Waals surface area (Å²) in [5.74, 6) is 1.01. The second-order valence-electron chi connectivity index (χ2n) is 4.31. The monoisotopic (exact) mass is 309 g/mol. The van der Waals surface area contributed by atoms with Crippen molar-refractivity contribution < 1.29 is 10.2 Å². The van der Waals surface area contributed by atoms with E-state index in [1.807, 2.05) is 18.2 Å². The Morgan fingerprint density at radius 1 is 1.16 bits per heavy atom. The first kappa shape index (κ1) is 18.4. The van der Waals surface area contributed by atoms with Crippen LogP contribution < -0.4 is 4.90 Å². The molecule has 0 aromatic carbocycles. The Morgan fingerprint density at radius 2 is 1.84 bits per heavy atom. The van der Waals surface area contributed by atoms with Crippen molar-refractivity contribution >= 4 is 30.6 Å². The highest BCUT2D eigenvalue weighted by molar-refractivity contribution is 5.85. The van der Waals surface area contributed by atoms with Crippen molar-refractivity contribution in [3.05, 3.63) is 24.4 Å². The number of halogens is 2. The van der Waals surface area contributed by atoms with Gasteiger partial charge in [-0.2, -0.15) is 0 Å². The van der Waals surface area contributed by atoms with Crippen molar-refractivity contribution in [3.63, 3.8) is 0 Å². The Kier molecular flexibility index (Phi) is 9.05. The van der Waals surface area contributed by atoms with E-state index in [-0.39, 0.29) is 31.4 Å². The van der Waals surface area contributed by atoms with Gasteiger partial charge in [-0.15, -0.1) is 24.8 Å². The fraction of sp³-hybridized carbons (Fsp3) is 0.583. The van der Waals surface area contributed by atoms with Gasteiger partial charge in [-0.1, -0.05) is 6.07 Å². The lowest BCUT2D eigenvalue weighted by molar-refractivity contribution is 0.0574. The average Bonchev–Trinajstić information content (AvgIpc) is 2.40. The highest BCUT2D eigenvalue weighted by atomic mass is 35.5. The maximum absolute atomic E-state index is 9.38. The SMILES string of the molecule is Cl.Cl.OCC(O)CN1CCN(c2ccccn2)CC1. The van der Waals surface area contributed by atoms with Gasteiger partial charge in [-0.3, -0.25) is 4.90 Å². The van der Waals surface area contributed by atoms with Gasteiger partial charge in [-0.05, 0) is 12.1 Å². The van der Waals surface area contributed by atoms with E-state index in [1.165, 1.54) is 0 Å². The van der Waals surface area contributed by atoms with Gasteiger partial charge in [0.1, 0.15) is 5.82 Å². The first-order valence-electron chi connectivity index (χ1n) is 5.97. The Labute approximate surface area is 126 Å². The predicted octanol–water partition coefficient (Wildman–Crippen LogP) is 0.400. The van der Waals surface area contributed by atoms with E-state index in [2.05, 4.69) is 14.8 Å². The number of hydrogen-bond donors (Lipinski definition) is 2. The minimum absolute atomic E-state index is 0. The molecular weight excluding hydrogens is 289 g/mol. The fourth-order valence-corrected chi connectivity index (χ4v) is 2.06. The summed E-state index contributed by atoms with van der Waals surface area (Å²) in [7, 11) is 0. The molecule has 1 aliphatic rings. The summed E-state index contributed by atoms with van der Waals surface area (Å²) < 4.78 is 0. The topological polar surface area (TPSA) is 59.8 Å². The molecule has 0 bridgehead atoms. The van der Waals surface area contributed by atoms with Gasteiger partial charge in [-0.25, -0.2) is 4.98 Å². The first-order chi connectivity index (χ1) is 8.29. The van der Waals surface area contributed by atoms with Crippen LogP contribution in [0.15, 0.2) is 24.4 Å². The Hall–Kier alpha value is -0.590. The summed E-state index contributed by atoms with van der Waals surface area (Å²) in [6, 6.07) is 5.92. The van der Waals surface area contributed by atoms with Crippen LogP contribution in [-0.2, 0) is 0 Å². The zero-order valence-electron chi connectivity index (χ0n) is 10.7. The standard InChI is InChI=1S/C12H19N3O2.2ClH/c16-10-11(17)9-14-5-7-15(8-6-14)12-3-1-2-4-13-12;;/h1-4,11,16-17H,5-10H2;2*1H. The van der Waals surface area contributed by atoms with Gasteiger partial charge in [0.05, 0.1) is 12.7 Å². The number of rotatable bonds is 4. The van der Waals surface area contributed by atoms with E-state index in [1.54, 1.807) is 6.20 Å². The van der Waals surface area contributed by atoms with Gasteiger partial charge in [0.2, 0.25) is 0 Å². The van der Waals surface area contributed by atoms with E-state index in [4.69, 9.17) is 5.11 Å². The minimum atomic E-state index is -0.628. The van der Waals surface area contributed by atoms with E-state index in [0.717, 1.165) is 32.0 Å². The molecule has 19 heavy (non-hydrogen) atoms. The van der Waals surface area contributed by atoms with E-state index in [0.29, 0.717) is 6.54 Å². The van der Waals surface area contributed by atoms with E-state index < -0.39 is 6.10 Å². The number of nitrogens with zero attached hydrogens (tertiary/aromatic N) is 3. The molecule has 110 valence electrons. The summed E-state index contributed by atoms with van der Waals surface area (Å²) in [6.45, 7) is 4.00. The largest absolute Gasteiger partial charge is 0.394 e. The second kappa shape index (κ2) is 9.34. The zero-order valence-corrected chi connectivity index (χ0v) is 12.3. The quantitative estimate of drug-likeness (QED) is 0.843. The average molecular weight is 310 g/mol. The van der Waals surface area contributed by atoms with Crippen LogP contribution in [-0.4, -0.2) is 65.5 Å². The molecule has 0 saturated carbocycles. The van der Waals surface area contributed by atoms with Gasteiger partial charge >= 0.3 is 0 Å². The molecule has 0 aliphatic carbocycles. The first-order valence-corrected chi connectivity index (χ1v) is 5.97. The molecule has 1 aromatic heterocycles. The second-order valence-corrected chi connectivity index (χ2v) is 4.31. The number of pyridine rings is 1. The lowest BCUT2D eigenvalue weighted by Crippen LogP contribution is -2.49. The van der Waals surface area contributed by atoms with Crippen molar-refractivity contribution in [1.29, 1.82) is 0 Å². The number of piperazine rings is 1. The molecule has 1 atom stereocenters. The Balaban J connectivity index is 0.00000162. The summed E-state index contributed by atoms with van der Waals surface area (Å²) in [5.41, 5.74) is 0. The van der Waals surface area contributed by atoms with Crippen LogP contribution in [0, 0.1) is 0 Å². The van der Waals surface area contributed by atoms with Crippen LogP contribution in [0.2, 0.25) is 0 Å². The van der Waals surface area contributed by atoms with Gasteiger partial charge in [0.25, 0.3) is 0 Å². The van der Waals surface area contributed by atoms with Crippen LogP contribution >= 0.6 is 24.8 Å². The molecule has 0 amide bonds. The molecule has 7 heteroatoms. The van der Waals surface area contributed by atoms with Gasteiger partial charge < -0.3 is 15.1 Å². The molecule has 5 nitrogen and oxygen atoms in total. The summed E-state index contributed by atoms with van der Waals surface area (Å²) in [4.78, 5) is 8.73. The molecule has 0 spiro atoms. The van der Waals surface area contributed by atoms with Crippen LogP contribution in [0.25, 0.3) is 0 Å². The molecule has 1 aliphatic heterocycles. The molecular formula is C12H21Cl2N3O2. The van der Waals surface area contributed by atoms with Crippen LogP contribution in [0.5, 0.6) is 0 Å². The molecule has 2 N–H and O–H groups in total. The van der Waals surface area contributed by atoms with Crippen molar-refractivity contribution in [2.45, 2.75) is 6.10 Å². The normalized spacial score (nSPS) is 17.3. The number of β-amino-alcohol motifs (C(OH)–C–C–N with tert-alkyl or cyclic N) is 1. The maximum atomic E-state index is 9.38. The minimum Gasteiger partial charge on any atom is -0.394 e. The molecule has 1 saturated heterocycles. The number of aliphatic hydroxyl groups is 2. The summed E-state index contributed by atoms with van der Waals surface area (Å²) >= 11 is 0. The van der Waals surface area contributed by atoms with Crippen molar-refractivity contribution in [2.75, 3.05) is 44.2 Å². The highest BCUT2D eigenvalue weighted by Crippen LogP contribution is 2.12. The molecule has 2 rings (SSSR count). The Morgan fingerprint density at radius 3 is 2.37 bits per heavy atom. The summed E-state index contributed by atoms with van der Waals surface area (Å²) in [5, 5.41) is 18.2. The molecule has 1 fully saturated rings. The maximum Gasteiger partial charge on any atom is 0.128 e. The van der Waals surface area contributed by atoms with Crippen LogP contribution in [0.4, 0.5) is 5.82 Å². The highest BCUT2D eigenvalue weighted by Gasteiger charge is 2.19. The zero-order chi connectivity index (χ0) is 12.1. The number of aliphatic hydroxyl groups excluding tert-OH is 2. The third-order valence-electron chi connectivity index (χ3n) is 3.03. The Bertz CT molecular complexity index is 335. The van der Waals surface area contributed by atoms with Gasteiger partial charge in [0.15, 0.2) is 0 Å². The van der Waals surface area contributed by atoms with Crippen LogP contribution in [0.3, 0.4) is 0 Å². The smallest absolute Gasteiger partial charge is 0.128 e. The van der Waals surface area contributed by atoms with E-state index in [9.17, 15) is 5.11 Å². The van der Waals surface area contributed by atoms with Crippen molar-refractivity contribution in [3.8, 4) is 0 Å².